The number of allylic oxidation sites excluding steroid dienone is 1. The number of nitrogens with zero attached hydrogens (tertiary/aromatic N) is 3. The standard InChI is InChI=1S/C31H35F3N6O6/c1-18-24(45-3)10-9-20-25(14-22(37-27(18)20)23-15-26(31(32,33)34)39-40(23)2)46-13-11-21(36-17-41)28(42)38-30(29(43)44)16-19(30)8-6-4-5-7-12-35/h6,8-10,12,14-15,17,19,21,35H,4-5,7,11,13,16H2,1-3H3,(H,36,41)(H,38,42)(H,43,44)/b8-6-,35-12?/t19-,21+,30-/m1/s1. The van der Waals surface area contributed by atoms with Crippen LogP contribution in [-0.2, 0) is 27.6 Å². The number of nitrogens with one attached hydrogen (secondary N) is 3. The molecule has 2 amide bonds. The van der Waals surface area contributed by atoms with Crippen LogP contribution in [0.25, 0.3) is 22.3 Å². The number of hydrogen-bond acceptors (Lipinski definition) is 8. The Balaban J connectivity index is 1.55. The number of ether oxygens (including phenoxy) is 2. The second kappa shape index (κ2) is 14.0. The number of carbonyl (C=O) groups excluding carboxylic acids is 2. The van der Waals surface area contributed by atoms with Gasteiger partial charge in [0.05, 0.1) is 30.6 Å². The van der Waals surface area contributed by atoms with Gasteiger partial charge in [0, 0.05) is 36.4 Å². The van der Waals surface area contributed by atoms with Crippen molar-refractivity contribution in [3.05, 3.63) is 47.7 Å². The summed E-state index contributed by atoms with van der Waals surface area (Å²) in [7, 11) is 2.85. The lowest BCUT2D eigenvalue weighted by Crippen LogP contribution is -2.52. The molecule has 3 atom stereocenters. The van der Waals surface area contributed by atoms with Crippen LogP contribution in [0.2, 0.25) is 0 Å². The molecule has 1 aliphatic carbocycles. The number of aromatic nitrogens is 3. The third-order valence-corrected chi connectivity index (χ3v) is 7.88. The van der Waals surface area contributed by atoms with E-state index in [9.17, 15) is 32.7 Å². The van der Waals surface area contributed by atoms with Gasteiger partial charge in [0.1, 0.15) is 23.1 Å². The minimum absolute atomic E-state index is 0.0530. The van der Waals surface area contributed by atoms with E-state index in [-0.39, 0.29) is 36.6 Å². The first kappa shape index (κ1) is 33.9. The third-order valence-electron chi connectivity index (χ3n) is 7.88. The average molecular weight is 645 g/mol. The molecule has 1 aromatic carbocycles. The molecule has 0 bridgehead atoms. The molecular weight excluding hydrogens is 609 g/mol. The first-order valence-electron chi connectivity index (χ1n) is 14.5. The summed E-state index contributed by atoms with van der Waals surface area (Å²) in [6.07, 6.45) is 2.73. The Morgan fingerprint density at radius 3 is 2.65 bits per heavy atom. The van der Waals surface area contributed by atoms with E-state index in [1.54, 1.807) is 25.1 Å². The molecule has 0 spiro atoms. The van der Waals surface area contributed by atoms with E-state index >= 15 is 0 Å². The van der Waals surface area contributed by atoms with Crippen LogP contribution in [0.1, 0.15) is 43.4 Å². The molecule has 0 aliphatic heterocycles. The molecule has 15 heteroatoms. The molecule has 1 saturated carbocycles. The number of aliphatic carboxylic acids is 1. The van der Waals surface area contributed by atoms with Gasteiger partial charge in [-0.1, -0.05) is 12.2 Å². The van der Waals surface area contributed by atoms with Gasteiger partial charge in [-0.2, -0.15) is 18.3 Å². The van der Waals surface area contributed by atoms with Crippen LogP contribution in [0.3, 0.4) is 0 Å². The average Bonchev–Trinajstić information content (AvgIpc) is 3.56. The maximum Gasteiger partial charge on any atom is 0.435 e. The van der Waals surface area contributed by atoms with E-state index in [2.05, 4.69) is 20.7 Å². The summed E-state index contributed by atoms with van der Waals surface area (Å²) in [4.78, 5) is 41.2. The fourth-order valence-electron chi connectivity index (χ4n) is 5.22. The number of carboxylic acids is 1. The molecule has 2 aromatic heterocycles. The highest BCUT2D eigenvalue weighted by atomic mass is 19.4. The van der Waals surface area contributed by atoms with Gasteiger partial charge >= 0.3 is 12.1 Å². The summed E-state index contributed by atoms with van der Waals surface area (Å²) in [5.41, 5.74) is -1.31. The lowest BCUT2D eigenvalue weighted by Gasteiger charge is -2.21. The van der Waals surface area contributed by atoms with Crippen molar-refractivity contribution in [2.75, 3.05) is 13.7 Å². The molecule has 1 fully saturated rings. The summed E-state index contributed by atoms with van der Waals surface area (Å²) < 4.78 is 52.7. The topological polar surface area (TPSA) is 169 Å². The van der Waals surface area contributed by atoms with E-state index in [1.165, 1.54) is 26.4 Å². The Hall–Kier alpha value is -4.95. The molecule has 12 nitrogen and oxygen atoms in total. The molecule has 4 rings (SSSR count). The number of amides is 2. The van der Waals surface area contributed by atoms with Crippen LogP contribution in [0.15, 0.2) is 36.4 Å². The number of hydrogen-bond donors (Lipinski definition) is 4. The van der Waals surface area contributed by atoms with Gasteiger partial charge in [-0.15, -0.1) is 0 Å². The van der Waals surface area contributed by atoms with Gasteiger partial charge in [-0.25, -0.2) is 9.78 Å². The van der Waals surface area contributed by atoms with Crippen LogP contribution < -0.4 is 20.1 Å². The summed E-state index contributed by atoms with van der Waals surface area (Å²) in [6, 6.07) is 4.61. The molecule has 4 N–H and O–H groups in total. The Kier molecular flexibility index (Phi) is 10.3. The Labute approximate surface area is 262 Å². The molecule has 2 heterocycles. The molecule has 0 unspecified atom stereocenters. The number of carboxylic acid groups (broad SMARTS) is 1. The number of benzene rings is 1. The first-order valence-corrected chi connectivity index (χ1v) is 14.5. The normalized spacial score (nSPS) is 18.3. The predicted molar refractivity (Wildman–Crippen MR) is 162 cm³/mol. The highest BCUT2D eigenvalue weighted by molar-refractivity contribution is 5.93. The lowest BCUT2D eigenvalue weighted by atomic mass is 10.1. The minimum Gasteiger partial charge on any atom is -0.496 e. The van der Waals surface area contributed by atoms with Crippen molar-refractivity contribution in [3.63, 3.8) is 0 Å². The number of alkyl halides is 3. The monoisotopic (exact) mass is 644 g/mol. The number of carbonyl (C=O) groups is 3. The van der Waals surface area contributed by atoms with Crippen molar-refractivity contribution in [1.82, 2.24) is 25.4 Å². The smallest absolute Gasteiger partial charge is 0.435 e. The number of halogens is 3. The van der Waals surface area contributed by atoms with Crippen molar-refractivity contribution in [2.45, 2.75) is 56.8 Å². The Morgan fingerprint density at radius 1 is 1.26 bits per heavy atom. The number of methoxy groups -OCH3 is 1. The van der Waals surface area contributed by atoms with Gasteiger partial charge < -0.3 is 30.6 Å². The largest absolute Gasteiger partial charge is 0.496 e. The molecule has 246 valence electrons. The highest BCUT2D eigenvalue weighted by Crippen LogP contribution is 2.45. The van der Waals surface area contributed by atoms with Crippen molar-refractivity contribution in [2.24, 2.45) is 13.0 Å². The molecule has 0 radical (unpaired) electrons. The zero-order valence-corrected chi connectivity index (χ0v) is 25.5. The van der Waals surface area contributed by atoms with Crippen LogP contribution in [0, 0.1) is 18.3 Å². The zero-order chi connectivity index (χ0) is 33.6. The molecular formula is C31H35F3N6O6. The van der Waals surface area contributed by atoms with Gasteiger partial charge in [-0.3, -0.25) is 14.3 Å². The summed E-state index contributed by atoms with van der Waals surface area (Å²) >= 11 is 0. The minimum atomic E-state index is -4.66. The molecule has 3 aromatic rings. The maximum atomic E-state index is 13.4. The summed E-state index contributed by atoms with van der Waals surface area (Å²) in [6.45, 7) is 1.62. The predicted octanol–water partition coefficient (Wildman–Crippen LogP) is 4.19. The van der Waals surface area contributed by atoms with Gasteiger partial charge in [0.2, 0.25) is 12.3 Å². The van der Waals surface area contributed by atoms with E-state index < -0.39 is 41.2 Å². The van der Waals surface area contributed by atoms with Crippen LogP contribution in [0.4, 0.5) is 13.2 Å². The molecule has 0 saturated heterocycles. The van der Waals surface area contributed by atoms with Crippen LogP contribution >= 0.6 is 0 Å². The van der Waals surface area contributed by atoms with Gasteiger partial charge in [0.25, 0.3) is 0 Å². The maximum absolute atomic E-state index is 13.4. The fourth-order valence-corrected chi connectivity index (χ4v) is 5.22. The number of unbranched alkanes of at least 4 members (excludes halogenated alkanes) is 2. The van der Waals surface area contributed by atoms with Gasteiger partial charge in [0.15, 0.2) is 5.69 Å². The first-order chi connectivity index (χ1) is 21.9. The summed E-state index contributed by atoms with van der Waals surface area (Å²) in [5.74, 6) is -1.56. The van der Waals surface area contributed by atoms with Gasteiger partial charge in [-0.05, 0) is 57.0 Å². The fraction of sp³-hybridized carbons (Fsp3) is 0.419. The van der Waals surface area contributed by atoms with Crippen molar-refractivity contribution in [3.8, 4) is 22.9 Å². The van der Waals surface area contributed by atoms with E-state index in [0.717, 1.165) is 17.2 Å². The number of pyridine rings is 1. The van der Waals surface area contributed by atoms with Crippen molar-refractivity contribution >= 4 is 35.4 Å². The van der Waals surface area contributed by atoms with Crippen molar-refractivity contribution < 1.29 is 42.1 Å². The second-order valence-corrected chi connectivity index (χ2v) is 10.9. The SMILES string of the molecule is COc1ccc2c(OCC[C@H](NC=O)C(=O)N[C@]3(C(=O)O)C[C@H]3/C=C\CCCC=N)cc(-c3cc(C(F)(F)F)nn3C)nc2c1C. The van der Waals surface area contributed by atoms with Crippen molar-refractivity contribution in [1.29, 1.82) is 5.41 Å². The molecule has 46 heavy (non-hydrogen) atoms. The van der Waals surface area contributed by atoms with E-state index in [1.807, 2.05) is 6.08 Å². The lowest BCUT2D eigenvalue weighted by molar-refractivity contribution is -0.144. The number of rotatable bonds is 16. The third kappa shape index (κ3) is 7.29. The quantitative estimate of drug-likeness (QED) is 0.0779. The Bertz CT molecular complexity index is 1660. The Morgan fingerprint density at radius 2 is 2.02 bits per heavy atom. The van der Waals surface area contributed by atoms with Crippen LogP contribution in [-0.4, -0.2) is 69.7 Å². The number of aryl methyl sites for hydroxylation is 2. The van der Waals surface area contributed by atoms with E-state index in [0.29, 0.717) is 41.5 Å². The van der Waals surface area contributed by atoms with E-state index in [4.69, 9.17) is 14.9 Å². The summed E-state index contributed by atoms with van der Waals surface area (Å²) in [5, 5.41) is 26.0. The highest BCUT2D eigenvalue weighted by Gasteiger charge is 2.60. The zero-order valence-electron chi connectivity index (χ0n) is 25.5. The second-order valence-electron chi connectivity index (χ2n) is 10.9. The van der Waals surface area contributed by atoms with Crippen LogP contribution in [0.5, 0.6) is 11.5 Å². The number of fused-ring (bicyclic) bond motifs is 1. The molecule has 1 aliphatic rings.